The number of nitrogens with one attached hydrogen (secondary N) is 1. The Labute approximate surface area is 94.7 Å². The minimum Gasteiger partial charge on any atom is -0.494 e. The molecule has 3 nitrogen and oxygen atoms in total. The first-order chi connectivity index (χ1) is 7.90. The van der Waals surface area contributed by atoms with E-state index >= 15 is 0 Å². The summed E-state index contributed by atoms with van der Waals surface area (Å²) in [5.41, 5.74) is 1.12. The van der Waals surface area contributed by atoms with Crippen molar-refractivity contribution < 1.29 is 4.74 Å². The van der Waals surface area contributed by atoms with Crippen LogP contribution in [0.2, 0.25) is 0 Å². The summed E-state index contributed by atoms with van der Waals surface area (Å²) in [6.45, 7) is 0.678. The van der Waals surface area contributed by atoms with E-state index in [2.05, 4.69) is 11.1 Å². The third-order valence-corrected chi connectivity index (χ3v) is 2.48. The van der Waals surface area contributed by atoms with Crippen LogP contribution in [0.1, 0.15) is 19.3 Å². The van der Waals surface area contributed by atoms with Crippen molar-refractivity contribution in [3.63, 3.8) is 0 Å². The van der Waals surface area contributed by atoms with Gasteiger partial charge in [0.1, 0.15) is 5.75 Å². The van der Waals surface area contributed by atoms with Crippen molar-refractivity contribution in [2.75, 3.05) is 6.61 Å². The fourth-order valence-electron chi connectivity index (χ4n) is 1.62. The Morgan fingerprint density at radius 2 is 2.19 bits per heavy atom. The van der Waals surface area contributed by atoms with E-state index in [1.807, 2.05) is 30.5 Å². The number of rotatable bonds is 5. The molecule has 0 aliphatic carbocycles. The summed E-state index contributed by atoms with van der Waals surface area (Å²) < 4.78 is 5.61. The largest absolute Gasteiger partial charge is 0.494 e. The Bertz CT molecular complexity index is 496. The van der Waals surface area contributed by atoms with Gasteiger partial charge in [0.2, 0.25) is 0 Å². The Kier molecular flexibility index (Phi) is 3.45. The number of unbranched alkanes of at least 4 members (excludes halogenated alkanes) is 2. The molecule has 0 saturated heterocycles. The second-order valence-corrected chi connectivity index (χ2v) is 3.69. The molecular formula is C13H14N2O. The number of hydrogen-bond donors (Lipinski definition) is 1. The molecule has 0 bridgehead atoms. The SMILES string of the molecule is N#CCCCCOc1ccc2[nH]ccc2c1. The maximum absolute atomic E-state index is 8.38. The molecule has 0 spiro atoms. The molecule has 0 unspecified atom stereocenters. The summed E-state index contributed by atoms with van der Waals surface area (Å²) in [6, 6.07) is 10.2. The first-order valence-electron chi connectivity index (χ1n) is 5.47. The molecule has 0 atom stereocenters. The molecule has 0 aliphatic heterocycles. The van der Waals surface area contributed by atoms with E-state index in [-0.39, 0.29) is 0 Å². The van der Waals surface area contributed by atoms with Crippen LogP contribution in [-0.2, 0) is 0 Å². The van der Waals surface area contributed by atoms with Crippen LogP contribution in [0.15, 0.2) is 30.5 Å². The molecule has 0 saturated carbocycles. The Morgan fingerprint density at radius 3 is 3.06 bits per heavy atom. The van der Waals surface area contributed by atoms with Crippen molar-refractivity contribution in [3.8, 4) is 11.8 Å². The Balaban J connectivity index is 1.87. The molecular weight excluding hydrogens is 200 g/mol. The van der Waals surface area contributed by atoms with Crippen molar-refractivity contribution >= 4 is 10.9 Å². The molecule has 2 aromatic rings. The van der Waals surface area contributed by atoms with Gasteiger partial charge in [-0.2, -0.15) is 5.26 Å². The summed E-state index contributed by atoms with van der Waals surface area (Å²) in [6.07, 6.45) is 4.36. The molecule has 82 valence electrons. The van der Waals surface area contributed by atoms with E-state index in [0.717, 1.165) is 29.5 Å². The van der Waals surface area contributed by atoms with Crippen LogP contribution in [0.4, 0.5) is 0 Å². The molecule has 1 N–H and O–H groups in total. The molecule has 1 aromatic heterocycles. The molecule has 0 radical (unpaired) electrons. The minimum atomic E-state index is 0.611. The van der Waals surface area contributed by atoms with Crippen molar-refractivity contribution in [1.29, 1.82) is 5.26 Å². The second-order valence-electron chi connectivity index (χ2n) is 3.69. The van der Waals surface area contributed by atoms with Crippen LogP contribution in [0.25, 0.3) is 10.9 Å². The zero-order valence-corrected chi connectivity index (χ0v) is 9.07. The highest BCUT2D eigenvalue weighted by atomic mass is 16.5. The summed E-state index contributed by atoms with van der Waals surface area (Å²) >= 11 is 0. The second kappa shape index (κ2) is 5.22. The maximum Gasteiger partial charge on any atom is 0.120 e. The number of H-pyrrole nitrogens is 1. The fourth-order valence-corrected chi connectivity index (χ4v) is 1.62. The Hall–Kier alpha value is -1.95. The third kappa shape index (κ3) is 2.54. The predicted octanol–water partition coefficient (Wildman–Crippen LogP) is 3.24. The van der Waals surface area contributed by atoms with Gasteiger partial charge >= 0.3 is 0 Å². The van der Waals surface area contributed by atoms with Crippen LogP contribution in [0.3, 0.4) is 0 Å². The molecule has 3 heteroatoms. The van der Waals surface area contributed by atoms with Gasteiger partial charge in [0, 0.05) is 23.5 Å². The Morgan fingerprint density at radius 1 is 1.25 bits per heavy atom. The van der Waals surface area contributed by atoms with E-state index in [0.29, 0.717) is 13.0 Å². The zero-order chi connectivity index (χ0) is 11.2. The number of hydrogen-bond acceptors (Lipinski definition) is 2. The van der Waals surface area contributed by atoms with E-state index in [4.69, 9.17) is 10.00 Å². The number of aromatic nitrogens is 1. The lowest BCUT2D eigenvalue weighted by Gasteiger charge is -2.05. The molecule has 2 rings (SSSR count). The first-order valence-corrected chi connectivity index (χ1v) is 5.47. The van der Waals surface area contributed by atoms with Crippen molar-refractivity contribution in [2.24, 2.45) is 0 Å². The van der Waals surface area contributed by atoms with Gasteiger partial charge in [-0.3, -0.25) is 0 Å². The number of nitriles is 1. The summed E-state index contributed by atoms with van der Waals surface area (Å²) in [4.78, 5) is 3.14. The lowest BCUT2D eigenvalue weighted by molar-refractivity contribution is 0.308. The summed E-state index contributed by atoms with van der Waals surface area (Å²) in [7, 11) is 0. The van der Waals surface area contributed by atoms with Crippen molar-refractivity contribution in [1.82, 2.24) is 4.98 Å². The van der Waals surface area contributed by atoms with Crippen LogP contribution >= 0.6 is 0 Å². The number of ether oxygens (including phenoxy) is 1. The molecule has 1 heterocycles. The van der Waals surface area contributed by atoms with Gasteiger partial charge in [0.25, 0.3) is 0 Å². The minimum absolute atomic E-state index is 0.611. The lowest BCUT2D eigenvalue weighted by Crippen LogP contribution is -1.96. The van der Waals surface area contributed by atoms with Gasteiger partial charge in [-0.05, 0) is 37.1 Å². The van der Waals surface area contributed by atoms with Gasteiger partial charge in [0.15, 0.2) is 0 Å². The standard InChI is InChI=1S/C13H14N2O/c14-7-2-1-3-9-16-12-4-5-13-11(10-12)6-8-15-13/h4-6,8,10,15H,1-3,9H2. The van der Waals surface area contributed by atoms with Crippen LogP contribution in [0.5, 0.6) is 5.75 Å². The smallest absolute Gasteiger partial charge is 0.120 e. The van der Waals surface area contributed by atoms with Gasteiger partial charge < -0.3 is 9.72 Å². The predicted molar refractivity (Wildman–Crippen MR) is 63.3 cm³/mol. The monoisotopic (exact) mass is 214 g/mol. The van der Waals surface area contributed by atoms with E-state index in [1.165, 1.54) is 0 Å². The summed E-state index contributed by atoms with van der Waals surface area (Å²) in [5, 5.41) is 9.54. The average Bonchev–Trinajstić information content (AvgIpc) is 2.76. The maximum atomic E-state index is 8.38. The summed E-state index contributed by atoms with van der Waals surface area (Å²) in [5.74, 6) is 0.893. The van der Waals surface area contributed by atoms with Gasteiger partial charge in [-0.1, -0.05) is 0 Å². The van der Waals surface area contributed by atoms with Gasteiger partial charge in [-0.15, -0.1) is 0 Å². The molecule has 0 aliphatic rings. The van der Waals surface area contributed by atoms with E-state index < -0.39 is 0 Å². The molecule has 0 fully saturated rings. The normalized spacial score (nSPS) is 10.2. The quantitative estimate of drug-likeness (QED) is 0.777. The number of aromatic amines is 1. The van der Waals surface area contributed by atoms with E-state index in [1.54, 1.807) is 0 Å². The average molecular weight is 214 g/mol. The highest BCUT2D eigenvalue weighted by molar-refractivity contribution is 5.80. The molecule has 1 aromatic carbocycles. The van der Waals surface area contributed by atoms with Gasteiger partial charge in [0.05, 0.1) is 12.7 Å². The highest BCUT2D eigenvalue weighted by Crippen LogP contribution is 2.19. The highest BCUT2D eigenvalue weighted by Gasteiger charge is 1.97. The van der Waals surface area contributed by atoms with Crippen LogP contribution < -0.4 is 4.74 Å². The van der Waals surface area contributed by atoms with Gasteiger partial charge in [-0.25, -0.2) is 0 Å². The fraction of sp³-hybridized carbons (Fsp3) is 0.308. The number of fused-ring (bicyclic) bond motifs is 1. The van der Waals surface area contributed by atoms with E-state index in [9.17, 15) is 0 Å². The number of nitrogens with zero attached hydrogens (tertiary/aromatic N) is 1. The molecule has 16 heavy (non-hydrogen) atoms. The van der Waals surface area contributed by atoms with Crippen LogP contribution in [-0.4, -0.2) is 11.6 Å². The van der Waals surface area contributed by atoms with Crippen molar-refractivity contribution in [2.45, 2.75) is 19.3 Å². The molecule has 0 amide bonds. The van der Waals surface area contributed by atoms with Crippen molar-refractivity contribution in [3.05, 3.63) is 30.5 Å². The van der Waals surface area contributed by atoms with Crippen LogP contribution in [0, 0.1) is 11.3 Å². The lowest BCUT2D eigenvalue weighted by atomic mass is 10.2. The number of benzene rings is 1. The topological polar surface area (TPSA) is 48.8 Å². The third-order valence-electron chi connectivity index (χ3n) is 2.48. The first kappa shape index (κ1) is 10.6. The zero-order valence-electron chi connectivity index (χ0n) is 9.07.